The van der Waals surface area contributed by atoms with Gasteiger partial charge in [0.15, 0.2) is 0 Å². The molecule has 154 valence electrons. The van der Waals surface area contributed by atoms with Gasteiger partial charge in [-0.25, -0.2) is 0 Å². The molecular formula is C22H23F3N2OS. The largest absolute Gasteiger partial charge is 0.416 e. The van der Waals surface area contributed by atoms with Gasteiger partial charge >= 0.3 is 6.18 Å². The minimum atomic E-state index is -4.40. The van der Waals surface area contributed by atoms with E-state index in [0.717, 1.165) is 27.1 Å². The lowest BCUT2D eigenvalue weighted by molar-refractivity contribution is -0.185. The number of hydrogen-bond acceptors (Lipinski definition) is 4. The third kappa shape index (κ3) is 3.35. The summed E-state index contributed by atoms with van der Waals surface area (Å²) in [6.07, 6.45) is -2.40. The fraction of sp³-hybridized carbons (Fsp3) is 0.364. The topological polar surface area (TPSA) is 26.7 Å². The zero-order valence-electron chi connectivity index (χ0n) is 16.7. The lowest BCUT2D eigenvalue weighted by Gasteiger charge is -2.39. The molecule has 0 aliphatic carbocycles. The monoisotopic (exact) mass is 420 g/mol. The van der Waals surface area contributed by atoms with Crippen LogP contribution in [-0.4, -0.2) is 27.9 Å². The maximum atomic E-state index is 13.4. The second kappa shape index (κ2) is 6.52. The first-order valence-corrected chi connectivity index (χ1v) is 10.2. The van der Waals surface area contributed by atoms with Crippen molar-refractivity contribution in [2.24, 2.45) is 0 Å². The van der Waals surface area contributed by atoms with Crippen molar-refractivity contribution in [2.75, 3.05) is 11.4 Å². The van der Waals surface area contributed by atoms with E-state index < -0.39 is 22.8 Å². The lowest BCUT2D eigenvalue weighted by atomic mass is 9.95. The van der Waals surface area contributed by atoms with E-state index in [2.05, 4.69) is 0 Å². The maximum Gasteiger partial charge on any atom is 0.416 e. The smallest absolute Gasteiger partial charge is 0.335 e. The molecule has 3 nitrogen and oxygen atoms in total. The Morgan fingerprint density at radius 2 is 1.62 bits per heavy atom. The predicted octanol–water partition coefficient (Wildman–Crippen LogP) is 6.50. The van der Waals surface area contributed by atoms with Crippen molar-refractivity contribution >= 4 is 23.1 Å². The molecule has 7 heteroatoms. The van der Waals surface area contributed by atoms with Gasteiger partial charge in [-0.1, -0.05) is 30.0 Å². The summed E-state index contributed by atoms with van der Waals surface area (Å²) in [5, 5.41) is 11.9. The fourth-order valence-electron chi connectivity index (χ4n) is 4.11. The Balaban J connectivity index is 1.83. The van der Waals surface area contributed by atoms with Crippen LogP contribution in [0.15, 0.2) is 63.9 Å². The summed E-state index contributed by atoms with van der Waals surface area (Å²) >= 11 is 1.48. The van der Waals surface area contributed by atoms with Crippen LogP contribution in [0.1, 0.15) is 33.3 Å². The number of anilines is 2. The number of nitrogens with zero attached hydrogens (tertiary/aromatic N) is 2. The third-order valence-electron chi connectivity index (χ3n) is 5.67. The highest BCUT2D eigenvalue weighted by atomic mass is 32.2. The standard InChI is InChI=1S/C22H23F3N2OS/c1-20(2)12-15(21(3,4)27(20)28)13-26-16-7-5-6-8-18(16)29-19-10-9-14(11-17(19)26)22(23,24)25/h5-12,28H,13H2,1-4H3. The van der Waals surface area contributed by atoms with Crippen molar-refractivity contribution in [1.29, 1.82) is 0 Å². The van der Waals surface area contributed by atoms with E-state index in [1.54, 1.807) is 6.07 Å². The fourth-order valence-corrected chi connectivity index (χ4v) is 5.18. The molecule has 2 aliphatic rings. The Bertz CT molecular complexity index is 998. The Morgan fingerprint density at radius 3 is 2.24 bits per heavy atom. The Hall–Kier alpha value is -1.96. The van der Waals surface area contributed by atoms with Gasteiger partial charge in [-0.2, -0.15) is 18.2 Å². The van der Waals surface area contributed by atoms with Gasteiger partial charge in [-0.3, -0.25) is 0 Å². The van der Waals surface area contributed by atoms with Crippen LogP contribution in [0.25, 0.3) is 0 Å². The molecular weight excluding hydrogens is 397 g/mol. The molecule has 0 saturated carbocycles. The van der Waals surface area contributed by atoms with Crippen LogP contribution in [0.2, 0.25) is 0 Å². The van der Waals surface area contributed by atoms with Crippen molar-refractivity contribution in [1.82, 2.24) is 5.06 Å². The molecule has 1 N–H and O–H groups in total. The average Bonchev–Trinajstić information content (AvgIpc) is 2.79. The second-order valence-corrected chi connectivity index (χ2v) is 9.61. The number of halogens is 3. The highest BCUT2D eigenvalue weighted by Crippen LogP contribution is 2.51. The van der Waals surface area contributed by atoms with Gasteiger partial charge in [0.25, 0.3) is 0 Å². The Morgan fingerprint density at radius 1 is 0.966 bits per heavy atom. The predicted molar refractivity (Wildman–Crippen MR) is 109 cm³/mol. The summed E-state index contributed by atoms with van der Waals surface area (Å²) in [4.78, 5) is 3.71. The molecule has 2 aromatic carbocycles. The summed E-state index contributed by atoms with van der Waals surface area (Å²) in [5.41, 5.74) is 0.509. The number of para-hydroxylation sites is 1. The minimum Gasteiger partial charge on any atom is -0.335 e. The molecule has 0 spiro atoms. The van der Waals surface area contributed by atoms with Crippen molar-refractivity contribution in [2.45, 2.75) is 54.7 Å². The van der Waals surface area contributed by atoms with E-state index >= 15 is 0 Å². The van der Waals surface area contributed by atoms with Crippen molar-refractivity contribution in [3.8, 4) is 0 Å². The van der Waals surface area contributed by atoms with Crippen LogP contribution in [0.5, 0.6) is 0 Å². The van der Waals surface area contributed by atoms with Crippen LogP contribution in [-0.2, 0) is 6.18 Å². The van der Waals surface area contributed by atoms with Crippen molar-refractivity contribution in [3.63, 3.8) is 0 Å². The third-order valence-corrected chi connectivity index (χ3v) is 6.80. The van der Waals surface area contributed by atoms with E-state index in [-0.39, 0.29) is 0 Å². The highest BCUT2D eigenvalue weighted by molar-refractivity contribution is 7.99. The van der Waals surface area contributed by atoms with E-state index in [4.69, 9.17) is 0 Å². The summed E-state index contributed by atoms with van der Waals surface area (Å²) in [5.74, 6) is 0. The summed E-state index contributed by atoms with van der Waals surface area (Å²) in [6.45, 7) is 8.06. The van der Waals surface area contributed by atoms with Crippen molar-refractivity contribution in [3.05, 3.63) is 59.7 Å². The van der Waals surface area contributed by atoms with Crippen LogP contribution in [0.3, 0.4) is 0 Å². The number of rotatable bonds is 2. The van der Waals surface area contributed by atoms with E-state index in [0.29, 0.717) is 12.2 Å². The van der Waals surface area contributed by atoms with Gasteiger partial charge in [0.2, 0.25) is 0 Å². The number of fused-ring (bicyclic) bond motifs is 2. The Labute approximate surface area is 172 Å². The molecule has 0 aromatic heterocycles. The normalized spacial score (nSPS) is 20.3. The molecule has 29 heavy (non-hydrogen) atoms. The van der Waals surface area contributed by atoms with Crippen LogP contribution in [0, 0.1) is 0 Å². The quantitative estimate of drug-likeness (QED) is 0.561. The summed E-state index contributed by atoms with van der Waals surface area (Å²) in [6, 6.07) is 11.6. The Kier molecular flexibility index (Phi) is 4.57. The zero-order chi connectivity index (χ0) is 21.2. The number of hydroxylamine groups is 2. The molecule has 4 rings (SSSR count). The molecule has 2 heterocycles. The summed E-state index contributed by atoms with van der Waals surface area (Å²) in [7, 11) is 0. The van der Waals surface area contributed by atoms with Gasteiger partial charge in [0.1, 0.15) is 0 Å². The van der Waals surface area contributed by atoms with Gasteiger partial charge in [0, 0.05) is 16.3 Å². The van der Waals surface area contributed by atoms with Gasteiger partial charge in [-0.15, -0.1) is 0 Å². The first-order valence-electron chi connectivity index (χ1n) is 9.38. The maximum absolute atomic E-state index is 13.4. The number of alkyl halides is 3. The summed E-state index contributed by atoms with van der Waals surface area (Å²) < 4.78 is 40.2. The molecule has 0 unspecified atom stereocenters. The average molecular weight is 421 g/mol. The molecule has 0 radical (unpaired) electrons. The minimum absolute atomic E-state index is 0.388. The van der Waals surface area contributed by atoms with E-state index in [1.165, 1.54) is 22.9 Å². The first-order chi connectivity index (χ1) is 13.4. The molecule has 2 aromatic rings. The van der Waals surface area contributed by atoms with Gasteiger partial charge < -0.3 is 10.1 Å². The van der Waals surface area contributed by atoms with Crippen molar-refractivity contribution < 1.29 is 18.4 Å². The SMILES string of the molecule is CC1(C)C=C(CN2c3ccccc3Sc3ccc(C(F)(F)F)cc32)C(C)(C)N1O. The number of hydrogen-bond donors (Lipinski definition) is 1. The van der Waals surface area contributed by atoms with Gasteiger partial charge in [-0.05, 0) is 63.6 Å². The van der Waals surface area contributed by atoms with E-state index in [1.807, 2.05) is 62.9 Å². The molecule has 0 bridgehead atoms. The van der Waals surface area contributed by atoms with Crippen LogP contribution in [0.4, 0.5) is 24.5 Å². The number of benzene rings is 2. The molecule has 0 saturated heterocycles. The zero-order valence-corrected chi connectivity index (χ0v) is 17.5. The van der Waals surface area contributed by atoms with Crippen LogP contribution >= 0.6 is 11.8 Å². The van der Waals surface area contributed by atoms with Gasteiger partial charge in [0.05, 0.1) is 28.0 Å². The molecule has 0 amide bonds. The lowest BCUT2D eigenvalue weighted by Crippen LogP contribution is -2.48. The second-order valence-electron chi connectivity index (χ2n) is 8.53. The first kappa shape index (κ1) is 20.3. The molecule has 2 aliphatic heterocycles. The van der Waals surface area contributed by atoms with Crippen LogP contribution < -0.4 is 4.90 Å². The van der Waals surface area contributed by atoms with E-state index in [9.17, 15) is 18.4 Å². The molecule has 0 atom stereocenters. The molecule has 0 fully saturated rings. The highest BCUT2D eigenvalue weighted by Gasteiger charge is 2.46.